The van der Waals surface area contributed by atoms with E-state index >= 15 is 0 Å². The third-order valence-electron chi connectivity index (χ3n) is 2.33. The molecule has 0 bridgehead atoms. The first-order chi connectivity index (χ1) is 8.19. The van der Waals surface area contributed by atoms with E-state index < -0.39 is 0 Å². The van der Waals surface area contributed by atoms with Crippen LogP contribution in [-0.4, -0.2) is 9.97 Å². The Morgan fingerprint density at radius 2 is 2.06 bits per heavy atom. The average Bonchev–Trinajstić information content (AvgIpc) is 2.76. The highest BCUT2D eigenvalue weighted by Gasteiger charge is 2.08. The number of rotatable bonds is 4. The SMILES string of the molecule is Cc1ccc(C(C)Nc2cncc(NN)n2)s1. The highest BCUT2D eigenvalue weighted by atomic mass is 32.1. The summed E-state index contributed by atoms with van der Waals surface area (Å²) in [6.45, 7) is 4.19. The zero-order valence-corrected chi connectivity index (χ0v) is 10.6. The van der Waals surface area contributed by atoms with Gasteiger partial charge in [-0.1, -0.05) is 0 Å². The maximum atomic E-state index is 5.29. The topological polar surface area (TPSA) is 75.9 Å². The second-order valence-corrected chi connectivity index (χ2v) is 5.07. The van der Waals surface area contributed by atoms with Gasteiger partial charge in [0, 0.05) is 9.75 Å². The Balaban J connectivity index is 2.09. The Morgan fingerprint density at radius 3 is 2.71 bits per heavy atom. The highest BCUT2D eigenvalue weighted by Crippen LogP contribution is 2.25. The summed E-state index contributed by atoms with van der Waals surface area (Å²) in [5, 5.41) is 3.29. The molecule has 1 unspecified atom stereocenters. The molecule has 0 aliphatic rings. The predicted molar refractivity (Wildman–Crippen MR) is 70.9 cm³/mol. The van der Waals surface area contributed by atoms with Gasteiger partial charge in [0.05, 0.1) is 18.4 Å². The number of nitrogens with two attached hydrogens (primary N) is 1. The number of nitrogens with zero attached hydrogens (tertiary/aromatic N) is 2. The molecule has 5 nitrogen and oxygen atoms in total. The molecule has 2 aromatic rings. The van der Waals surface area contributed by atoms with Crippen molar-refractivity contribution < 1.29 is 0 Å². The molecule has 4 N–H and O–H groups in total. The molecule has 1 atom stereocenters. The number of hydrogen-bond acceptors (Lipinski definition) is 6. The lowest BCUT2D eigenvalue weighted by atomic mass is 10.3. The number of hydrogen-bond donors (Lipinski definition) is 3. The third kappa shape index (κ3) is 2.92. The molecule has 0 aliphatic heterocycles. The van der Waals surface area contributed by atoms with Crippen LogP contribution in [0.15, 0.2) is 24.5 Å². The first kappa shape index (κ1) is 11.8. The lowest BCUT2D eigenvalue weighted by Gasteiger charge is -2.12. The van der Waals surface area contributed by atoms with Gasteiger partial charge in [-0.05, 0) is 26.0 Å². The number of aryl methyl sites for hydroxylation is 1. The number of aromatic nitrogens is 2. The van der Waals surface area contributed by atoms with Crippen molar-refractivity contribution in [3.05, 3.63) is 34.3 Å². The molecule has 0 aromatic carbocycles. The largest absolute Gasteiger partial charge is 0.361 e. The summed E-state index contributed by atoms with van der Waals surface area (Å²) in [6, 6.07) is 4.44. The van der Waals surface area contributed by atoms with Gasteiger partial charge in [0.1, 0.15) is 5.82 Å². The molecule has 6 heteroatoms. The van der Waals surface area contributed by atoms with Crippen molar-refractivity contribution in [1.29, 1.82) is 0 Å². The van der Waals surface area contributed by atoms with Gasteiger partial charge in [0.15, 0.2) is 5.82 Å². The van der Waals surface area contributed by atoms with E-state index in [2.05, 4.69) is 46.7 Å². The van der Waals surface area contributed by atoms with Crippen LogP contribution in [0.2, 0.25) is 0 Å². The van der Waals surface area contributed by atoms with E-state index in [0.717, 1.165) is 0 Å². The van der Waals surface area contributed by atoms with Gasteiger partial charge in [0.25, 0.3) is 0 Å². The van der Waals surface area contributed by atoms with Gasteiger partial charge < -0.3 is 10.7 Å². The average molecular weight is 249 g/mol. The molecule has 2 heterocycles. The summed E-state index contributed by atoms with van der Waals surface area (Å²) >= 11 is 1.77. The Morgan fingerprint density at radius 1 is 1.29 bits per heavy atom. The van der Waals surface area contributed by atoms with Crippen molar-refractivity contribution in [3.8, 4) is 0 Å². The van der Waals surface area contributed by atoms with Crippen molar-refractivity contribution in [2.45, 2.75) is 19.9 Å². The Bertz CT molecular complexity index is 496. The zero-order chi connectivity index (χ0) is 12.3. The van der Waals surface area contributed by atoms with Crippen LogP contribution in [0.25, 0.3) is 0 Å². The maximum Gasteiger partial charge on any atom is 0.160 e. The van der Waals surface area contributed by atoms with E-state index in [-0.39, 0.29) is 6.04 Å². The molecule has 0 amide bonds. The maximum absolute atomic E-state index is 5.29. The second-order valence-electron chi connectivity index (χ2n) is 3.75. The summed E-state index contributed by atoms with van der Waals surface area (Å²) in [7, 11) is 0. The number of hydrazine groups is 1. The van der Waals surface area contributed by atoms with E-state index in [9.17, 15) is 0 Å². The summed E-state index contributed by atoms with van der Waals surface area (Å²) in [5.41, 5.74) is 2.47. The lowest BCUT2D eigenvalue weighted by molar-refractivity contribution is 0.892. The Kier molecular flexibility index (Phi) is 3.55. The normalized spacial score (nSPS) is 12.2. The van der Waals surface area contributed by atoms with Crippen molar-refractivity contribution in [3.63, 3.8) is 0 Å². The monoisotopic (exact) mass is 249 g/mol. The summed E-state index contributed by atoms with van der Waals surface area (Å²) in [6.07, 6.45) is 3.25. The molecule has 0 spiro atoms. The molecule has 0 radical (unpaired) electrons. The summed E-state index contributed by atoms with van der Waals surface area (Å²) in [4.78, 5) is 10.9. The summed E-state index contributed by atoms with van der Waals surface area (Å²) in [5.74, 6) is 6.54. The quantitative estimate of drug-likeness (QED) is 0.572. The van der Waals surface area contributed by atoms with Crippen LogP contribution < -0.4 is 16.6 Å². The highest BCUT2D eigenvalue weighted by molar-refractivity contribution is 7.12. The van der Waals surface area contributed by atoms with Gasteiger partial charge in [-0.3, -0.25) is 4.98 Å². The number of thiophene rings is 1. The van der Waals surface area contributed by atoms with Crippen LogP contribution in [-0.2, 0) is 0 Å². The second kappa shape index (κ2) is 5.11. The minimum atomic E-state index is 0.205. The molecule has 90 valence electrons. The number of anilines is 2. The van der Waals surface area contributed by atoms with Crippen LogP contribution in [0.5, 0.6) is 0 Å². The lowest BCUT2D eigenvalue weighted by Crippen LogP contribution is -2.11. The fourth-order valence-corrected chi connectivity index (χ4v) is 2.36. The Labute approximate surface area is 104 Å². The van der Waals surface area contributed by atoms with Crippen LogP contribution in [0, 0.1) is 6.92 Å². The first-order valence-electron chi connectivity index (χ1n) is 5.30. The van der Waals surface area contributed by atoms with Crippen LogP contribution in [0.3, 0.4) is 0 Å². The number of nitrogens with one attached hydrogen (secondary N) is 2. The smallest absolute Gasteiger partial charge is 0.160 e. The van der Waals surface area contributed by atoms with Gasteiger partial charge in [0.2, 0.25) is 0 Å². The van der Waals surface area contributed by atoms with Crippen molar-refractivity contribution in [1.82, 2.24) is 9.97 Å². The molecule has 2 aromatic heterocycles. The molecular formula is C11H15N5S. The zero-order valence-electron chi connectivity index (χ0n) is 9.77. The minimum absolute atomic E-state index is 0.205. The van der Waals surface area contributed by atoms with Crippen molar-refractivity contribution in [2.24, 2.45) is 5.84 Å². The van der Waals surface area contributed by atoms with Crippen LogP contribution in [0.4, 0.5) is 11.6 Å². The van der Waals surface area contributed by atoms with Crippen LogP contribution >= 0.6 is 11.3 Å². The van der Waals surface area contributed by atoms with E-state index in [1.54, 1.807) is 23.7 Å². The molecule has 0 fully saturated rings. The van der Waals surface area contributed by atoms with E-state index in [0.29, 0.717) is 11.6 Å². The molecule has 2 rings (SSSR count). The third-order valence-corrected chi connectivity index (χ3v) is 3.52. The fraction of sp³-hybridized carbons (Fsp3) is 0.273. The summed E-state index contributed by atoms with van der Waals surface area (Å²) < 4.78 is 0. The Hall–Kier alpha value is -1.66. The predicted octanol–water partition coefficient (Wildman–Crippen LogP) is 2.31. The van der Waals surface area contributed by atoms with Crippen LogP contribution in [0.1, 0.15) is 22.7 Å². The van der Waals surface area contributed by atoms with E-state index in [1.165, 1.54) is 9.75 Å². The minimum Gasteiger partial charge on any atom is -0.361 e. The fourth-order valence-electron chi connectivity index (χ4n) is 1.48. The molecule has 0 saturated carbocycles. The van der Waals surface area contributed by atoms with Gasteiger partial charge in [-0.25, -0.2) is 10.8 Å². The number of nitrogen functional groups attached to an aromatic ring is 1. The molecule has 17 heavy (non-hydrogen) atoms. The van der Waals surface area contributed by atoms with Crippen molar-refractivity contribution in [2.75, 3.05) is 10.7 Å². The van der Waals surface area contributed by atoms with Gasteiger partial charge in [-0.2, -0.15) is 0 Å². The van der Waals surface area contributed by atoms with E-state index in [1.807, 2.05) is 0 Å². The standard InChI is InChI=1S/C11H15N5S/c1-7-3-4-9(17-7)8(2)14-10-5-13-6-11(15-10)16-12/h3-6,8H,12H2,1-2H3,(H2,14,15,16). The van der Waals surface area contributed by atoms with Gasteiger partial charge >= 0.3 is 0 Å². The van der Waals surface area contributed by atoms with Gasteiger partial charge in [-0.15, -0.1) is 11.3 Å². The first-order valence-corrected chi connectivity index (χ1v) is 6.12. The molecule has 0 saturated heterocycles. The van der Waals surface area contributed by atoms with E-state index in [4.69, 9.17) is 5.84 Å². The molecular weight excluding hydrogens is 234 g/mol. The molecule has 0 aliphatic carbocycles. The van der Waals surface area contributed by atoms with Crippen molar-refractivity contribution >= 4 is 23.0 Å².